The van der Waals surface area contributed by atoms with Crippen molar-refractivity contribution in [2.75, 3.05) is 6.61 Å². The van der Waals surface area contributed by atoms with Gasteiger partial charge < -0.3 is 10.5 Å². The van der Waals surface area contributed by atoms with E-state index in [0.29, 0.717) is 43.7 Å². The average molecular weight is 394 g/mol. The summed E-state index contributed by atoms with van der Waals surface area (Å²) < 4.78 is 4.97. The molecule has 2 heterocycles. The van der Waals surface area contributed by atoms with Crippen LogP contribution < -0.4 is 5.73 Å². The van der Waals surface area contributed by atoms with E-state index in [1.807, 2.05) is 6.92 Å². The van der Waals surface area contributed by atoms with Crippen molar-refractivity contribution in [3.63, 3.8) is 0 Å². The monoisotopic (exact) mass is 393 g/mol. The van der Waals surface area contributed by atoms with E-state index in [0.717, 1.165) is 4.90 Å². The average Bonchev–Trinajstić information content (AvgIpc) is 2.90. The Morgan fingerprint density at radius 2 is 2.08 bits per heavy atom. The molecule has 0 aliphatic carbocycles. The molecule has 0 unspecified atom stereocenters. The first-order chi connectivity index (χ1) is 12.4. The van der Waals surface area contributed by atoms with E-state index in [4.69, 9.17) is 33.7 Å². The highest BCUT2D eigenvalue weighted by Crippen LogP contribution is 2.39. The second-order valence-corrected chi connectivity index (χ2v) is 6.63. The van der Waals surface area contributed by atoms with Crippen molar-refractivity contribution in [1.82, 2.24) is 9.88 Å². The molecule has 0 bridgehead atoms. The second kappa shape index (κ2) is 7.23. The lowest BCUT2D eigenvalue weighted by atomic mass is 9.93. The Hall–Kier alpha value is -2.15. The molecule has 1 aromatic carbocycles. The van der Waals surface area contributed by atoms with Gasteiger partial charge in [0.05, 0.1) is 24.4 Å². The molecule has 0 saturated heterocycles. The molecule has 6 nitrogen and oxygen atoms in total. The van der Waals surface area contributed by atoms with Crippen molar-refractivity contribution < 1.29 is 14.3 Å². The molecule has 136 valence electrons. The van der Waals surface area contributed by atoms with Crippen molar-refractivity contribution in [1.29, 1.82) is 0 Å². The van der Waals surface area contributed by atoms with Gasteiger partial charge in [0, 0.05) is 33.4 Å². The van der Waals surface area contributed by atoms with E-state index >= 15 is 0 Å². The first-order valence-corrected chi connectivity index (χ1v) is 8.81. The van der Waals surface area contributed by atoms with Crippen LogP contribution in [0.25, 0.3) is 11.1 Å². The number of rotatable bonds is 3. The summed E-state index contributed by atoms with van der Waals surface area (Å²) in [4.78, 5) is 30.6. The molecule has 0 fully saturated rings. The number of carbonyl (C=O) groups is 2. The SMILES string of the molecule is CCOC(=O)N1Cc2nc(C)c(CN)c(-c3ccc(Cl)cc3Cl)c2C1=O. The number of pyridine rings is 1. The predicted molar refractivity (Wildman–Crippen MR) is 99.2 cm³/mol. The van der Waals surface area contributed by atoms with Gasteiger partial charge in [0.15, 0.2) is 0 Å². The van der Waals surface area contributed by atoms with E-state index in [2.05, 4.69) is 4.98 Å². The third kappa shape index (κ3) is 3.05. The molecule has 3 rings (SSSR count). The molecular weight excluding hydrogens is 377 g/mol. The van der Waals surface area contributed by atoms with Crippen LogP contribution in [0.15, 0.2) is 18.2 Å². The molecule has 1 aliphatic rings. The number of imide groups is 1. The lowest BCUT2D eigenvalue weighted by molar-refractivity contribution is 0.0693. The van der Waals surface area contributed by atoms with Gasteiger partial charge >= 0.3 is 6.09 Å². The van der Waals surface area contributed by atoms with Crippen LogP contribution >= 0.6 is 23.2 Å². The quantitative estimate of drug-likeness (QED) is 0.853. The number of hydrogen-bond acceptors (Lipinski definition) is 5. The van der Waals surface area contributed by atoms with Crippen LogP contribution in [0.2, 0.25) is 10.0 Å². The number of halogens is 2. The van der Waals surface area contributed by atoms with E-state index in [1.54, 1.807) is 25.1 Å². The minimum Gasteiger partial charge on any atom is -0.449 e. The van der Waals surface area contributed by atoms with Crippen LogP contribution in [0.4, 0.5) is 4.79 Å². The van der Waals surface area contributed by atoms with Gasteiger partial charge in [0.2, 0.25) is 0 Å². The largest absolute Gasteiger partial charge is 0.449 e. The molecule has 0 saturated carbocycles. The minimum absolute atomic E-state index is 0.0525. The van der Waals surface area contributed by atoms with Crippen molar-refractivity contribution in [2.45, 2.75) is 26.9 Å². The number of ether oxygens (including phenoxy) is 1. The summed E-state index contributed by atoms with van der Waals surface area (Å²) in [5.74, 6) is -0.471. The van der Waals surface area contributed by atoms with Gasteiger partial charge in [0.25, 0.3) is 5.91 Å². The summed E-state index contributed by atoms with van der Waals surface area (Å²) in [5, 5.41) is 0.873. The third-order valence-corrected chi connectivity index (χ3v) is 4.79. The Kier molecular flexibility index (Phi) is 5.18. The number of hydrogen-bond donors (Lipinski definition) is 1. The number of aromatic nitrogens is 1. The fourth-order valence-electron chi connectivity index (χ4n) is 3.09. The highest BCUT2D eigenvalue weighted by molar-refractivity contribution is 6.36. The maximum atomic E-state index is 12.9. The van der Waals surface area contributed by atoms with Gasteiger partial charge in [-0.25, -0.2) is 9.69 Å². The fraction of sp³-hybridized carbons (Fsp3) is 0.278. The fourth-order valence-corrected chi connectivity index (χ4v) is 3.59. The van der Waals surface area contributed by atoms with Crippen molar-refractivity contribution in [2.24, 2.45) is 5.73 Å². The molecule has 1 aromatic heterocycles. The summed E-state index contributed by atoms with van der Waals surface area (Å²) in [6.07, 6.45) is -0.699. The lowest BCUT2D eigenvalue weighted by Crippen LogP contribution is -2.31. The molecule has 2 aromatic rings. The Morgan fingerprint density at radius 3 is 2.69 bits per heavy atom. The van der Waals surface area contributed by atoms with E-state index in [-0.39, 0.29) is 19.7 Å². The smallest absolute Gasteiger partial charge is 0.417 e. The molecular formula is C18H17Cl2N3O3. The Bertz CT molecular complexity index is 915. The molecule has 1 aliphatic heterocycles. The van der Waals surface area contributed by atoms with Gasteiger partial charge in [-0.2, -0.15) is 0 Å². The molecule has 2 amide bonds. The third-order valence-electron chi connectivity index (χ3n) is 4.24. The van der Waals surface area contributed by atoms with Gasteiger partial charge in [0.1, 0.15) is 0 Å². The zero-order chi connectivity index (χ0) is 19.0. The highest BCUT2D eigenvalue weighted by Gasteiger charge is 2.38. The van der Waals surface area contributed by atoms with Crippen LogP contribution in [0, 0.1) is 6.92 Å². The number of carbonyl (C=O) groups excluding carboxylic acids is 2. The summed E-state index contributed by atoms with van der Waals surface area (Å²) in [6.45, 7) is 3.89. The summed E-state index contributed by atoms with van der Waals surface area (Å²) >= 11 is 12.4. The zero-order valence-corrected chi connectivity index (χ0v) is 15.8. The van der Waals surface area contributed by atoms with Gasteiger partial charge in [-0.05, 0) is 31.5 Å². The van der Waals surface area contributed by atoms with Gasteiger partial charge in [-0.15, -0.1) is 0 Å². The van der Waals surface area contributed by atoms with E-state index in [9.17, 15) is 9.59 Å². The number of fused-ring (bicyclic) bond motifs is 1. The van der Waals surface area contributed by atoms with Crippen LogP contribution in [-0.4, -0.2) is 28.5 Å². The lowest BCUT2D eigenvalue weighted by Gasteiger charge is -2.16. The molecule has 26 heavy (non-hydrogen) atoms. The van der Waals surface area contributed by atoms with E-state index in [1.165, 1.54) is 0 Å². The molecule has 8 heteroatoms. The van der Waals surface area contributed by atoms with E-state index < -0.39 is 12.0 Å². The number of nitrogens with zero attached hydrogens (tertiary/aromatic N) is 2. The summed E-state index contributed by atoms with van der Waals surface area (Å²) in [5.41, 5.74) is 9.35. The topological polar surface area (TPSA) is 85.5 Å². The van der Waals surface area contributed by atoms with Crippen LogP contribution in [-0.2, 0) is 17.8 Å². The van der Waals surface area contributed by atoms with Crippen LogP contribution in [0.3, 0.4) is 0 Å². The zero-order valence-electron chi connectivity index (χ0n) is 14.3. The maximum Gasteiger partial charge on any atom is 0.417 e. The maximum absolute atomic E-state index is 12.9. The molecule has 0 spiro atoms. The number of amides is 2. The Balaban J connectivity index is 2.24. The second-order valence-electron chi connectivity index (χ2n) is 5.79. The number of nitrogens with two attached hydrogens (primary N) is 1. The van der Waals surface area contributed by atoms with Gasteiger partial charge in [-0.3, -0.25) is 9.78 Å². The first-order valence-electron chi connectivity index (χ1n) is 8.05. The number of aryl methyl sites for hydroxylation is 1. The van der Waals surface area contributed by atoms with Crippen molar-refractivity contribution in [3.8, 4) is 11.1 Å². The summed E-state index contributed by atoms with van der Waals surface area (Å²) in [6, 6.07) is 5.02. The van der Waals surface area contributed by atoms with Crippen LogP contribution in [0.1, 0.15) is 34.2 Å². The Labute approximate surface area is 160 Å². The standard InChI is InChI=1S/C18H17Cl2N3O3/c1-3-26-18(25)23-8-14-16(17(23)24)15(12(7-21)9(2)22-14)11-5-4-10(19)6-13(11)20/h4-6H,3,7-8,21H2,1-2H3. The normalized spacial score (nSPS) is 13.1. The first kappa shape index (κ1) is 18.6. The molecule has 2 N–H and O–H groups in total. The highest BCUT2D eigenvalue weighted by atomic mass is 35.5. The Morgan fingerprint density at radius 1 is 1.35 bits per heavy atom. The van der Waals surface area contributed by atoms with Crippen LogP contribution in [0.5, 0.6) is 0 Å². The number of benzene rings is 1. The van der Waals surface area contributed by atoms with Crippen molar-refractivity contribution in [3.05, 3.63) is 50.8 Å². The van der Waals surface area contributed by atoms with Gasteiger partial charge in [-0.1, -0.05) is 29.3 Å². The van der Waals surface area contributed by atoms with Crippen molar-refractivity contribution >= 4 is 35.2 Å². The summed E-state index contributed by atoms with van der Waals surface area (Å²) in [7, 11) is 0. The predicted octanol–water partition coefficient (Wildman–Crippen LogP) is 3.93. The minimum atomic E-state index is -0.699. The molecule has 0 radical (unpaired) electrons. The molecule has 0 atom stereocenters.